The van der Waals surface area contributed by atoms with Gasteiger partial charge in [0, 0.05) is 37.7 Å². The average Bonchev–Trinajstić information content (AvgIpc) is 3.61. The van der Waals surface area contributed by atoms with Crippen LogP contribution in [0.1, 0.15) is 0 Å². The highest BCUT2D eigenvalue weighted by Gasteiger charge is 2.26. The van der Waals surface area contributed by atoms with Crippen molar-refractivity contribution in [2.75, 3.05) is 0 Å². The molecule has 194 valence electrons. The highest BCUT2D eigenvalue weighted by atomic mass is 16.3. The summed E-state index contributed by atoms with van der Waals surface area (Å²) in [6, 6.07) is 50.3. The minimum atomic E-state index is 0.910. The lowest BCUT2D eigenvalue weighted by Gasteiger charge is -2.15. The summed E-state index contributed by atoms with van der Waals surface area (Å²) in [7, 11) is 0. The summed E-state index contributed by atoms with van der Waals surface area (Å²) < 4.78 is 9.36. The fourth-order valence-corrected chi connectivity index (χ4v) is 7.48. The predicted molar refractivity (Wildman–Crippen MR) is 178 cm³/mol. The normalized spacial score (nSPS) is 12.3. The van der Waals surface area contributed by atoms with Crippen molar-refractivity contribution in [2.24, 2.45) is 0 Å². The van der Waals surface area contributed by atoms with Crippen LogP contribution in [0.5, 0.6) is 0 Å². The molecular formula is C40H23NO. The van der Waals surface area contributed by atoms with Gasteiger partial charge in [-0.25, -0.2) is 0 Å². The molecule has 0 atom stereocenters. The summed E-state index contributed by atoms with van der Waals surface area (Å²) in [4.78, 5) is 0. The van der Waals surface area contributed by atoms with E-state index in [-0.39, 0.29) is 0 Å². The molecule has 10 rings (SSSR count). The first-order valence-corrected chi connectivity index (χ1v) is 14.5. The molecule has 0 spiro atoms. The zero-order valence-electron chi connectivity index (χ0n) is 22.6. The zero-order chi connectivity index (χ0) is 27.4. The van der Waals surface area contributed by atoms with Gasteiger partial charge < -0.3 is 8.98 Å². The molecule has 2 aromatic heterocycles. The van der Waals surface area contributed by atoms with Crippen molar-refractivity contribution in [2.45, 2.75) is 0 Å². The molecule has 2 heterocycles. The second-order valence-corrected chi connectivity index (χ2v) is 11.2. The molecule has 0 aliphatic heterocycles. The fourth-order valence-electron chi connectivity index (χ4n) is 7.48. The van der Waals surface area contributed by atoms with Gasteiger partial charge >= 0.3 is 0 Å². The van der Waals surface area contributed by atoms with Crippen LogP contribution in [0, 0.1) is 0 Å². The Morgan fingerprint density at radius 2 is 0.929 bits per heavy atom. The summed E-state index contributed by atoms with van der Waals surface area (Å²) >= 11 is 0. The molecule has 2 nitrogen and oxygen atoms in total. The van der Waals surface area contributed by atoms with E-state index in [1.807, 2.05) is 0 Å². The molecule has 8 aromatic carbocycles. The number of hydrogen-bond donors (Lipinski definition) is 0. The highest BCUT2D eigenvalue weighted by Crippen LogP contribution is 2.50. The van der Waals surface area contributed by atoms with Crippen molar-refractivity contribution in [1.82, 2.24) is 4.57 Å². The first-order valence-electron chi connectivity index (χ1n) is 14.5. The summed E-state index contributed by atoms with van der Waals surface area (Å²) in [5, 5.41) is 14.8. The van der Waals surface area contributed by atoms with Crippen LogP contribution < -0.4 is 0 Å². The van der Waals surface area contributed by atoms with E-state index in [9.17, 15) is 0 Å². The molecule has 42 heavy (non-hydrogen) atoms. The van der Waals surface area contributed by atoms with Crippen LogP contribution in [-0.2, 0) is 0 Å². The van der Waals surface area contributed by atoms with Crippen LogP contribution in [0.2, 0.25) is 0 Å². The van der Waals surface area contributed by atoms with E-state index in [4.69, 9.17) is 4.42 Å². The smallest absolute Gasteiger partial charge is 0.160 e. The monoisotopic (exact) mass is 533 g/mol. The SMILES string of the molecule is c1ccc2c(-n3c4ccccc4c4c5c6ccccc6c6ccccc6c5c5c6ccccc6oc5c43)cccc2c1. The Hall–Kier alpha value is -5.60. The minimum Gasteiger partial charge on any atom is -0.454 e. The number of benzene rings is 8. The molecular weight excluding hydrogens is 510 g/mol. The number of nitrogens with zero attached hydrogens (tertiary/aromatic N) is 1. The van der Waals surface area contributed by atoms with Gasteiger partial charge in [-0.3, -0.25) is 0 Å². The van der Waals surface area contributed by atoms with Crippen LogP contribution >= 0.6 is 0 Å². The summed E-state index contributed by atoms with van der Waals surface area (Å²) in [5.74, 6) is 0. The number of hydrogen-bond acceptors (Lipinski definition) is 1. The first-order chi connectivity index (χ1) is 20.9. The Morgan fingerprint density at radius 3 is 1.69 bits per heavy atom. The predicted octanol–water partition coefficient (Wildman–Crippen LogP) is 11.3. The quantitative estimate of drug-likeness (QED) is 0.192. The van der Waals surface area contributed by atoms with Gasteiger partial charge in [-0.2, -0.15) is 0 Å². The molecule has 2 heteroatoms. The second-order valence-electron chi connectivity index (χ2n) is 11.2. The lowest BCUT2D eigenvalue weighted by Crippen LogP contribution is -1.96. The molecule has 0 bridgehead atoms. The molecule has 0 amide bonds. The van der Waals surface area contributed by atoms with Crippen molar-refractivity contribution in [3.63, 3.8) is 0 Å². The minimum absolute atomic E-state index is 0.910. The van der Waals surface area contributed by atoms with E-state index in [0.29, 0.717) is 0 Å². The topological polar surface area (TPSA) is 18.1 Å². The van der Waals surface area contributed by atoms with Crippen molar-refractivity contribution in [3.8, 4) is 5.69 Å². The Morgan fingerprint density at radius 1 is 0.381 bits per heavy atom. The molecule has 0 aliphatic rings. The molecule has 0 saturated heterocycles. The number of para-hydroxylation sites is 2. The second kappa shape index (κ2) is 7.99. The van der Waals surface area contributed by atoms with Crippen LogP contribution in [0.3, 0.4) is 0 Å². The summed E-state index contributed by atoms with van der Waals surface area (Å²) in [6.07, 6.45) is 0. The molecule has 0 radical (unpaired) electrons. The van der Waals surface area contributed by atoms with Gasteiger partial charge in [0.05, 0.1) is 16.7 Å². The van der Waals surface area contributed by atoms with E-state index in [0.717, 1.165) is 27.8 Å². The Kier molecular flexibility index (Phi) is 4.21. The number of aromatic nitrogens is 1. The molecule has 0 fully saturated rings. The van der Waals surface area contributed by atoms with Crippen molar-refractivity contribution in [3.05, 3.63) is 140 Å². The van der Waals surface area contributed by atoms with Crippen LogP contribution in [0.4, 0.5) is 0 Å². The molecule has 0 unspecified atom stereocenters. The maximum absolute atomic E-state index is 6.92. The van der Waals surface area contributed by atoms with Gasteiger partial charge in [-0.15, -0.1) is 0 Å². The Bertz CT molecular complexity index is 2740. The Labute approximate surface area is 240 Å². The standard InChI is InChI=1S/C40H23NO/c1-2-14-25-24(12-1)13-11-22-32(25)41-33-21-9-7-19-30(33)37-35-28-17-5-3-15-26(28)27-16-4-6-18-29(27)36(35)38-31-20-8-10-23-34(31)42-40(38)39(37)41/h1-23H. The van der Waals surface area contributed by atoms with E-state index in [2.05, 4.69) is 144 Å². The van der Waals surface area contributed by atoms with E-state index < -0.39 is 0 Å². The fraction of sp³-hybridized carbons (Fsp3) is 0. The zero-order valence-corrected chi connectivity index (χ0v) is 22.6. The van der Waals surface area contributed by atoms with Gasteiger partial charge in [-0.1, -0.05) is 121 Å². The van der Waals surface area contributed by atoms with E-state index in [1.165, 1.54) is 64.8 Å². The van der Waals surface area contributed by atoms with E-state index in [1.54, 1.807) is 0 Å². The lowest BCUT2D eigenvalue weighted by molar-refractivity contribution is 0.671. The van der Waals surface area contributed by atoms with Crippen molar-refractivity contribution in [1.29, 1.82) is 0 Å². The first kappa shape index (κ1) is 22.1. The number of furan rings is 1. The molecule has 0 saturated carbocycles. The number of rotatable bonds is 1. The highest BCUT2D eigenvalue weighted by molar-refractivity contribution is 6.44. The van der Waals surface area contributed by atoms with Gasteiger partial charge in [0.1, 0.15) is 5.58 Å². The van der Waals surface area contributed by atoms with Crippen molar-refractivity contribution < 1.29 is 4.42 Å². The van der Waals surface area contributed by atoms with E-state index >= 15 is 0 Å². The Balaban J connectivity index is 1.63. The number of fused-ring (bicyclic) bond motifs is 16. The van der Waals surface area contributed by atoms with Crippen molar-refractivity contribution >= 4 is 86.8 Å². The lowest BCUT2D eigenvalue weighted by atomic mass is 9.89. The third kappa shape index (κ3) is 2.69. The summed E-state index contributed by atoms with van der Waals surface area (Å²) in [5.41, 5.74) is 5.30. The van der Waals surface area contributed by atoms with Gasteiger partial charge in [-0.05, 0) is 45.1 Å². The van der Waals surface area contributed by atoms with Crippen LogP contribution in [0.25, 0.3) is 92.5 Å². The largest absolute Gasteiger partial charge is 0.454 e. The van der Waals surface area contributed by atoms with Gasteiger partial charge in [0.25, 0.3) is 0 Å². The van der Waals surface area contributed by atoms with Gasteiger partial charge in [0.15, 0.2) is 5.58 Å². The molecule has 0 N–H and O–H groups in total. The molecule has 0 aliphatic carbocycles. The molecule has 10 aromatic rings. The maximum atomic E-state index is 6.92. The summed E-state index contributed by atoms with van der Waals surface area (Å²) in [6.45, 7) is 0. The maximum Gasteiger partial charge on any atom is 0.160 e. The third-order valence-corrected chi connectivity index (χ3v) is 9.13. The van der Waals surface area contributed by atoms with Crippen LogP contribution in [0.15, 0.2) is 144 Å². The third-order valence-electron chi connectivity index (χ3n) is 9.13. The average molecular weight is 534 g/mol. The van der Waals surface area contributed by atoms with Gasteiger partial charge in [0.2, 0.25) is 0 Å². The van der Waals surface area contributed by atoms with Crippen LogP contribution in [-0.4, -0.2) is 4.57 Å².